The molecule has 0 aromatic rings. The van der Waals surface area contributed by atoms with Gasteiger partial charge in [0.1, 0.15) is 0 Å². The quantitative estimate of drug-likeness (QED) is 0.756. The maximum absolute atomic E-state index is 12.3. The summed E-state index contributed by atoms with van der Waals surface area (Å²) in [4.78, 5) is 26.3. The van der Waals surface area contributed by atoms with Crippen LogP contribution in [0.2, 0.25) is 0 Å². The summed E-state index contributed by atoms with van der Waals surface area (Å²) in [5, 5.41) is 6.27. The molecule has 2 amide bonds. The van der Waals surface area contributed by atoms with Crippen molar-refractivity contribution in [3.05, 3.63) is 11.6 Å². The Labute approximate surface area is 133 Å². The second-order valence-electron chi connectivity index (χ2n) is 6.45. The van der Waals surface area contributed by atoms with E-state index in [2.05, 4.69) is 10.6 Å². The number of nitrogens with one attached hydrogen (secondary N) is 2. The number of carbonyl (C=O) groups is 2. The molecule has 2 rings (SSSR count). The summed E-state index contributed by atoms with van der Waals surface area (Å²) < 4.78 is 0. The van der Waals surface area contributed by atoms with Gasteiger partial charge >= 0.3 is 0 Å². The van der Waals surface area contributed by atoms with Crippen LogP contribution in [-0.2, 0) is 9.59 Å². The molecule has 0 saturated carbocycles. The van der Waals surface area contributed by atoms with Gasteiger partial charge in [-0.1, -0.05) is 13.0 Å². The predicted molar refractivity (Wildman–Crippen MR) is 87.4 cm³/mol. The third-order valence-corrected chi connectivity index (χ3v) is 4.60. The molecule has 0 spiro atoms. The van der Waals surface area contributed by atoms with E-state index < -0.39 is 0 Å². The topological polar surface area (TPSA) is 61.4 Å². The Morgan fingerprint density at radius 2 is 2.14 bits per heavy atom. The van der Waals surface area contributed by atoms with Gasteiger partial charge in [-0.2, -0.15) is 0 Å². The van der Waals surface area contributed by atoms with Crippen LogP contribution in [0.1, 0.15) is 46.0 Å². The summed E-state index contributed by atoms with van der Waals surface area (Å²) in [6.07, 6.45) is 6.99. The molecule has 0 aliphatic carbocycles. The summed E-state index contributed by atoms with van der Waals surface area (Å²) in [5.74, 6) is 0.635. The summed E-state index contributed by atoms with van der Waals surface area (Å²) >= 11 is 0. The minimum absolute atomic E-state index is 0.0175. The van der Waals surface area contributed by atoms with Crippen LogP contribution in [0.5, 0.6) is 0 Å². The molecule has 22 heavy (non-hydrogen) atoms. The Hall–Kier alpha value is -1.36. The Bertz CT molecular complexity index is 428. The average molecular weight is 307 g/mol. The van der Waals surface area contributed by atoms with Crippen LogP contribution in [0.4, 0.5) is 0 Å². The fraction of sp³-hybridized carbons (Fsp3) is 0.765. The first-order valence-corrected chi connectivity index (χ1v) is 8.59. The molecule has 0 aromatic carbocycles. The molecule has 2 atom stereocenters. The molecule has 124 valence electrons. The smallest absolute Gasteiger partial charge is 0.249 e. The molecule has 0 radical (unpaired) electrons. The lowest BCUT2D eigenvalue weighted by Crippen LogP contribution is -2.46. The molecule has 2 aliphatic heterocycles. The maximum Gasteiger partial charge on any atom is 0.249 e. The molecule has 2 unspecified atom stereocenters. The van der Waals surface area contributed by atoms with Crippen LogP contribution in [0.3, 0.4) is 0 Å². The zero-order chi connectivity index (χ0) is 15.9. The van der Waals surface area contributed by atoms with E-state index in [1.165, 1.54) is 0 Å². The number of nitrogens with zero attached hydrogens (tertiary/aromatic N) is 1. The molecule has 2 heterocycles. The second kappa shape index (κ2) is 8.32. The molecule has 0 bridgehead atoms. The number of carbonyl (C=O) groups excluding carboxylic acids is 2. The minimum atomic E-state index is -0.0175. The monoisotopic (exact) mass is 307 g/mol. The Morgan fingerprint density at radius 3 is 2.82 bits per heavy atom. The number of allylic oxidation sites excluding steroid dienone is 1. The first kappa shape index (κ1) is 17.0. The van der Waals surface area contributed by atoms with Gasteiger partial charge < -0.3 is 15.5 Å². The Morgan fingerprint density at radius 1 is 1.32 bits per heavy atom. The van der Waals surface area contributed by atoms with Crippen LogP contribution < -0.4 is 10.6 Å². The lowest BCUT2D eigenvalue weighted by molar-refractivity contribution is -0.128. The number of piperidine rings is 1. The van der Waals surface area contributed by atoms with E-state index in [-0.39, 0.29) is 17.9 Å². The van der Waals surface area contributed by atoms with Gasteiger partial charge in [0.2, 0.25) is 11.8 Å². The van der Waals surface area contributed by atoms with Crippen molar-refractivity contribution in [1.29, 1.82) is 0 Å². The third-order valence-electron chi connectivity index (χ3n) is 4.60. The van der Waals surface area contributed by atoms with Gasteiger partial charge in [-0.3, -0.25) is 9.59 Å². The predicted octanol–water partition coefficient (Wildman–Crippen LogP) is 1.45. The molecule has 5 nitrogen and oxygen atoms in total. The molecular weight excluding hydrogens is 278 g/mol. The lowest BCUT2D eigenvalue weighted by atomic mass is 9.97. The molecule has 5 heteroatoms. The summed E-state index contributed by atoms with van der Waals surface area (Å²) in [7, 11) is 0. The number of rotatable bonds is 5. The number of hydrogen-bond donors (Lipinski definition) is 2. The molecule has 2 saturated heterocycles. The van der Waals surface area contributed by atoms with Crippen LogP contribution >= 0.6 is 0 Å². The van der Waals surface area contributed by atoms with Crippen LogP contribution in [-0.4, -0.2) is 48.9 Å². The van der Waals surface area contributed by atoms with Crippen molar-refractivity contribution in [3.63, 3.8) is 0 Å². The van der Waals surface area contributed by atoms with Gasteiger partial charge in [-0.05, 0) is 51.5 Å². The van der Waals surface area contributed by atoms with Crippen molar-refractivity contribution in [1.82, 2.24) is 15.5 Å². The van der Waals surface area contributed by atoms with Crippen molar-refractivity contribution in [2.45, 2.75) is 52.0 Å². The fourth-order valence-electron chi connectivity index (χ4n) is 3.34. The van der Waals surface area contributed by atoms with Crippen molar-refractivity contribution < 1.29 is 9.59 Å². The summed E-state index contributed by atoms with van der Waals surface area (Å²) in [6, 6.07) is -0.0175. The zero-order valence-corrected chi connectivity index (χ0v) is 13.9. The van der Waals surface area contributed by atoms with Crippen molar-refractivity contribution in [3.8, 4) is 0 Å². The van der Waals surface area contributed by atoms with Gasteiger partial charge in [0.25, 0.3) is 0 Å². The van der Waals surface area contributed by atoms with Crippen molar-refractivity contribution in [2.24, 2.45) is 5.92 Å². The largest absolute Gasteiger partial charge is 0.354 e. The maximum atomic E-state index is 12.3. The second-order valence-corrected chi connectivity index (χ2v) is 6.45. The van der Waals surface area contributed by atoms with E-state index in [0.29, 0.717) is 12.5 Å². The van der Waals surface area contributed by atoms with Gasteiger partial charge in [-0.15, -0.1) is 0 Å². The van der Waals surface area contributed by atoms with Crippen LogP contribution in [0.15, 0.2) is 11.6 Å². The van der Waals surface area contributed by atoms with E-state index in [0.717, 1.165) is 57.3 Å². The number of likely N-dealkylation sites (tertiary alicyclic amines) is 1. The molecule has 2 aliphatic rings. The zero-order valence-electron chi connectivity index (χ0n) is 13.9. The number of amides is 2. The van der Waals surface area contributed by atoms with E-state index in [1.54, 1.807) is 0 Å². The third kappa shape index (κ3) is 4.57. The highest BCUT2D eigenvalue weighted by Crippen LogP contribution is 2.18. The lowest BCUT2D eigenvalue weighted by Gasteiger charge is -2.33. The molecule has 2 N–H and O–H groups in total. The van der Waals surface area contributed by atoms with Crippen molar-refractivity contribution in [2.75, 3.05) is 26.2 Å². The summed E-state index contributed by atoms with van der Waals surface area (Å²) in [5.41, 5.74) is 0.836. The van der Waals surface area contributed by atoms with E-state index >= 15 is 0 Å². The highest BCUT2D eigenvalue weighted by Gasteiger charge is 2.26. The minimum Gasteiger partial charge on any atom is -0.354 e. The highest BCUT2D eigenvalue weighted by atomic mass is 16.2. The molecule has 0 aromatic heterocycles. The molecule has 2 fully saturated rings. The standard InChI is InChI=1S/C17H29N3O2/c1-3-6-13(2)17(22)20-10-5-7-14(12-20)11-19-16(21)15-8-4-9-18-15/h6,14-15,18H,3-5,7-12H2,1-2H3,(H,19,21)/b13-6+. The van der Waals surface area contributed by atoms with Gasteiger partial charge in [-0.25, -0.2) is 0 Å². The van der Waals surface area contributed by atoms with Crippen molar-refractivity contribution >= 4 is 11.8 Å². The summed E-state index contributed by atoms with van der Waals surface area (Å²) in [6.45, 7) is 7.14. The molecular formula is C17H29N3O2. The first-order valence-electron chi connectivity index (χ1n) is 8.59. The van der Waals surface area contributed by atoms with Crippen LogP contribution in [0, 0.1) is 5.92 Å². The normalized spacial score (nSPS) is 26.1. The highest BCUT2D eigenvalue weighted by molar-refractivity contribution is 5.92. The Balaban J connectivity index is 1.79. The number of hydrogen-bond acceptors (Lipinski definition) is 3. The van der Waals surface area contributed by atoms with Crippen LogP contribution in [0.25, 0.3) is 0 Å². The van der Waals surface area contributed by atoms with Gasteiger partial charge in [0.05, 0.1) is 6.04 Å². The van der Waals surface area contributed by atoms with Gasteiger partial charge in [0.15, 0.2) is 0 Å². The average Bonchev–Trinajstić information content (AvgIpc) is 3.07. The van der Waals surface area contributed by atoms with E-state index in [1.807, 2.05) is 24.8 Å². The van der Waals surface area contributed by atoms with Gasteiger partial charge in [0, 0.05) is 25.2 Å². The SMILES string of the molecule is CC/C=C(\C)C(=O)N1CCCC(CNC(=O)C2CCCN2)C1. The fourth-order valence-corrected chi connectivity index (χ4v) is 3.34. The van der Waals surface area contributed by atoms with E-state index in [4.69, 9.17) is 0 Å². The van der Waals surface area contributed by atoms with E-state index in [9.17, 15) is 9.59 Å². The first-order chi connectivity index (χ1) is 10.6. The Kier molecular flexibility index (Phi) is 6.43.